The summed E-state index contributed by atoms with van der Waals surface area (Å²) in [6.45, 7) is 1.17. The summed E-state index contributed by atoms with van der Waals surface area (Å²) in [5.74, 6) is -0.285. The molecule has 1 heterocycles. The molecule has 8 nitrogen and oxygen atoms in total. The van der Waals surface area contributed by atoms with Gasteiger partial charge in [-0.25, -0.2) is 4.68 Å². The fourth-order valence-electron chi connectivity index (χ4n) is 2.73. The minimum atomic E-state index is -0.463. The maximum atomic E-state index is 12.8. The van der Waals surface area contributed by atoms with Crippen molar-refractivity contribution in [1.82, 2.24) is 20.0 Å². The SMILES string of the molecule is CN(C)CCNC(=O)c1cc(-c2ccc([N+](=O)[O-])cc2)nn1-c1ccccc1Cl. The fraction of sp³-hybridized carbons (Fsp3) is 0.200. The topological polar surface area (TPSA) is 93.3 Å². The van der Waals surface area contributed by atoms with Gasteiger partial charge in [0.05, 0.1) is 21.3 Å². The summed E-state index contributed by atoms with van der Waals surface area (Å²) in [6.07, 6.45) is 0. The third kappa shape index (κ3) is 4.79. The van der Waals surface area contributed by atoms with Gasteiger partial charge < -0.3 is 10.2 Å². The van der Waals surface area contributed by atoms with Crippen LogP contribution in [0.1, 0.15) is 10.5 Å². The average Bonchev–Trinajstić information content (AvgIpc) is 3.13. The Labute approximate surface area is 172 Å². The summed E-state index contributed by atoms with van der Waals surface area (Å²) in [6, 6.07) is 14.8. The second kappa shape index (κ2) is 8.85. The predicted octanol–water partition coefficient (Wildman–Crippen LogP) is 3.39. The van der Waals surface area contributed by atoms with E-state index >= 15 is 0 Å². The maximum Gasteiger partial charge on any atom is 0.270 e. The van der Waals surface area contributed by atoms with Gasteiger partial charge in [0.25, 0.3) is 11.6 Å². The van der Waals surface area contributed by atoms with Gasteiger partial charge in [0.1, 0.15) is 5.69 Å². The van der Waals surface area contributed by atoms with E-state index < -0.39 is 4.92 Å². The molecule has 0 saturated heterocycles. The number of nitrogens with zero attached hydrogens (tertiary/aromatic N) is 4. The Morgan fingerprint density at radius 1 is 1.21 bits per heavy atom. The highest BCUT2D eigenvalue weighted by Gasteiger charge is 2.19. The van der Waals surface area contributed by atoms with E-state index in [4.69, 9.17) is 11.6 Å². The third-order valence-corrected chi connectivity index (χ3v) is 4.56. The highest BCUT2D eigenvalue weighted by Crippen LogP contribution is 2.26. The molecule has 0 saturated carbocycles. The monoisotopic (exact) mass is 413 g/mol. The summed E-state index contributed by atoms with van der Waals surface area (Å²) in [5.41, 5.74) is 2.05. The number of halogens is 1. The van der Waals surface area contributed by atoms with E-state index in [1.807, 2.05) is 25.1 Å². The number of carbonyl (C=O) groups excluding carboxylic acids is 1. The Hall–Kier alpha value is -3.23. The number of nitro groups is 1. The minimum Gasteiger partial charge on any atom is -0.349 e. The highest BCUT2D eigenvalue weighted by atomic mass is 35.5. The van der Waals surface area contributed by atoms with Crippen LogP contribution in [0.3, 0.4) is 0 Å². The van der Waals surface area contributed by atoms with Gasteiger partial charge in [-0.3, -0.25) is 14.9 Å². The molecule has 0 fully saturated rings. The van der Waals surface area contributed by atoms with Crippen LogP contribution in [0.4, 0.5) is 5.69 Å². The molecule has 1 N–H and O–H groups in total. The largest absolute Gasteiger partial charge is 0.349 e. The molecule has 0 spiro atoms. The Bertz CT molecular complexity index is 1030. The summed E-state index contributed by atoms with van der Waals surface area (Å²) < 4.78 is 1.49. The van der Waals surface area contributed by atoms with Crippen LogP contribution < -0.4 is 5.32 Å². The molecule has 3 rings (SSSR count). The van der Waals surface area contributed by atoms with Crippen molar-refractivity contribution in [2.75, 3.05) is 27.2 Å². The van der Waals surface area contributed by atoms with Gasteiger partial charge >= 0.3 is 0 Å². The van der Waals surface area contributed by atoms with E-state index in [0.717, 1.165) is 0 Å². The second-order valence-electron chi connectivity index (χ2n) is 6.64. The number of aromatic nitrogens is 2. The van der Waals surface area contributed by atoms with Crippen LogP contribution in [-0.4, -0.2) is 52.7 Å². The quantitative estimate of drug-likeness (QED) is 0.473. The van der Waals surface area contributed by atoms with E-state index in [2.05, 4.69) is 10.4 Å². The smallest absolute Gasteiger partial charge is 0.270 e. The van der Waals surface area contributed by atoms with E-state index in [1.54, 1.807) is 36.4 Å². The molecule has 3 aromatic rings. The molecular weight excluding hydrogens is 394 g/mol. The second-order valence-corrected chi connectivity index (χ2v) is 7.05. The van der Waals surface area contributed by atoms with Gasteiger partial charge in [0, 0.05) is 30.8 Å². The summed E-state index contributed by atoms with van der Waals surface area (Å²) in [4.78, 5) is 25.2. The molecule has 0 atom stereocenters. The van der Waals surface area contributed by atoms with E-state index in [0.29, 0.717) is 40.8 Å². The molecule has 0 radical (unpaired) electrons. The average molecular weight is 414 g/mol. The van der Waals surface area contributed by atoms with Gasteiger partial charge in [-0.05, 0) is 44.4 Å². The number of nitrogens with one attached hydrogen (secondary N) is 1. The minimum absolute atomic E-state index is 0.0130. The zero-order valence-corrected chi connectivity index (χ0v) is 16.8. The molecule has 29 heavy (non-hydrogen) atoms. The maximum absolute atomic E-state index is 12.8. The van der Waals surface area contributed by atoms with E-state index in [-0.39, 0.29) is 11.6 Å². The molecule has 0 bridgehead atoms. The number of benzene rings is 2. The first-order chi connectivity index (χ1) is 13.9. The Morgan fingerprint density at radius 3 is 2.52 bits per heavy atom. The van der Waals surface area contributed by atoms with Crippen LogP contribution >= 0.6 is 11.6 Å². The molecule has 0 aliphatic heterocycles. The van der Waals surface area contributed by atoms with Crippen molar-refractivity contribution in [3.05, 3.63) is 75.4 Å². The van der Waals surface area contributed by atoms with Crippen molar-refractivity contribution >= 4 is 23.2 Å². The van der Waals surface area contributed by atoms with Gasteiger partial charge in [0.2, 0.25) is 0 Å². The number of para-hydroxylation sites is 1. The number of nitro benzene ring substituents is 1. The number of hydrogen-bond acceptors (Lipinski definition) is 5. The molecule has 0 unspecified atom stereocenters. The normalized spacial score (nSPS) is 10.9. The molecule has 2 aromatic carbocycles. The fourth-order valence-corrected chi connectivity index (χ4v) is 2.94. The molecule has 9 heteroatoms. The van der Waals surface area contributed by atoms with Crippen molar-refractivity contribution in [3.8, 4) is 16.9 Å². The summed E-state index contributed by atoms with van der Waals surface area (Å²) in [5, 5.41) is 18.8. The number of amides is 1. The molecule has 1 amide bonds. The van der Waals surface area contributed by atoms with E-state index in [9.17, 15) is 14.9 Å². The third-order valence-electron chi connectivity index (χ3n) is 4.24. The molecule has 150 valence electrons. The lowest BCUT2D eigenvalue weighted by atomic mass is 10.1. The molecular formula is C20H20ClN5O3. The zero-order valence-electron chi connectivity index (χ0n) is 16.0. The van der Waals surface area contributed by atoms with Gasteiger partial charge in [-0.2, -0.15) is 5.10 Å². The lowest BCUT2D eigenvalue weighted by molar-refractivity contribution is -0.384. The summed E-state index contributed by atoms with van der Waals surface area (Å²) in [7, 11) is 3.85. The van der Waals surface area contributed by atoms with Crippen LogP contribution in [0.25, 0.3) is 16.9 Å². The van der Waals surface area contributed by atoms with Crippen LogP contribution in [0, 0.1) is 10.1 Å². The van der Waals surface area contributed by atoms with E-state index in [1.165, 1.54) is 16.8 Å². The Morgan fingerprint density at radius 2 is 1.90 bits per heavy atom. The first kappa shape index (κ1) is 20.5. The van der Waals surface area contributed by atoms with Crippen LogP contribution in [0.5, 0.6) is 0 Å². The Kier molecular flexibility index (Phi) is 6.26. The van der Waals surface area contributed by atoms with Crippen molar-refractivity contribution in [3.63, 3.8) is 0 Å². The van der Waals surface area contributed by atoms with Crippen molar-refractivity contribution in [2.45, 2.75) is 0 Å². The van der Waals surface area contributed by atoms with Crippen LogP contribution in [-0.2, 0) is 0 Å². The number of non-ortho nitro benzene ring substituents is 1. The molecule has 1 aromatic heterocycles. The number of carbonyl (C=O) groups is 1. The number of rotatable bonds is 7. The highest BCUT2D eigenvalue weighted by molar-refractivity contribution is 6.32. The predicted molar refractivity (Wildman–Crippen MR) is 112 cm³/mol. The van der Waals surface area contributed by atoms with Gasteiger partial charge in [-0.15, -0.1) is 0 Å². The zero-order chi connectivity index (χ0) is 21.0. The standard InChI is InChI=1S/C20H20ClN5O3/c1-24(2)12-11-22-20(27)19-13-17(14-7-9-15(10-8-14)26(28)29)23-25(19)18-6-4-3-5-16(18)21/h3-10,13H,11-12H2,1-2H3,(H,22,27). The first-order valence-corrected chi connectivity index (χ1v) is 9.27. The number of likely N-dealkylation sites (N-methyl/N-ethyl adjacent to an activating group) is 1. The van der Waals surface area contributed by atoms with Gasteiger partial charge in [-0.1, -0.05) is 23.7 Å². The summed E-state index contributed by atoms with van der Waals surface area (Å²) >= 11 is 6.32. The molecule has 0 aliphatic rings. The van der Waals surface area contributed by atoms with Crippen LogP contribution in [0.2, 0.25) is 5.02 Å². The van der Waals surface area contributed by atoms with Crippen molar-refractivity contribution in [2.24, 2.45) is 0 Å². The first-order valence-electron chi connectivity index (χ1n) is 8.89. The van der Waals surface area contributed by atoms with Gasteiger partial charge in [0.15, 0.2) is 0 Å². The van der Waals surface area contributed by atoms with Crippen molar-refractivity contribution < 1.29 is 9.72 Å². The lowest BCUT2D eigenvalue weighted by Crippen LogP contribution is -2.32. The van der Waals surface area contributed by atoms with Crippen molar-refractivity contribution in [1.29, 1.82) is 0 Å². The van der Waals surface area contributed by atoms with Crippen LogP contribution in [0.15, 0.2) is 54.6 Å². The number of hydrogen-bond donors (Lipinski definition) is 1. The lowest BCUT2D eigenvalue weighted by Gasteiger charge is -2.12. The Balaban J connectivity index is 2.00. The molecule has 0 aliphatic carbocycles.